The largest absolute Gasteiger partial charge is 0.345 e. The van der Waals surface area contributed by atoms with E-state index >= 15 is 0 Å². The minimum absolute atomic E-state index is 0.216. The Morgan fingerprint density at radius 2 is 2.15 bits per heavy atom. The van der Waals surface area contributed by atoms with Crippen molar-refractivity contribution in [3.05, 3.63) is 64.3 Å². The second kappa shape index (κ2) is 6.96. The molecule has 26 heavy (non-hydrogen) atoms. The first-order valence-corrected chi connectivity index (χ1v) is 8.78. The van der Waals surface area contributed by atoms with Crippen LogP contribution in [-0.4, -0.2) is 35.6 Å². The maximum absolute atomic E-state index is 12.3. The van der Waals surface area contributed by atoms with Gasteiger partial charge in [0.05, 0.1) is 30.7 Å². The predicted octanol–water partition coefficient (Wildman–Crippen LogP) is 1.96. The van der Waals surface area contributed by atoms with E-state index in [0.717, 1.165) is 15.7 Å². The highest BCUT2D eigenvalue weighted by molar-refractivity contribution is 7.11. The van der Waals surface area contributed by atoms with E-state index in [9.17, 15) is 4.79 Å². The van der Waals surface area contributed by atoms with Crippen LogP contribution >= 0.6 is 11.3 Å². The Hall–Kier alpha value is -3.20. The van der Waals surface area contributed by atoms with Crippen molar-refractivity contribution in [3.63, 3.8) is 0 Å². The van der Waals surface area contributed by atoms with Crippen LogP contribution in [0.4, 0.5) is 0 Å². The Morgan fingerprint density at radius 3 is 2.92 bits per heavy atom. The van der Waals surface area contributed by atoms with Crippen LogP contribution in [0.1, 0.15) is 26.1 Å². The van der Waals surface area contributed by atoms with Crippen molar-refractivity contribution in [3.8, 4) is 0 Å². The zero-order valence-electron chi connectivity index (χ0n) is 14.0. The molecule has 0 radical (unpaired) electrons. The van der Waals surface area contributed by atoms with Gasteiger partial charge in [-0.15, -0.1) is 10.2 Å². The molecule has 0 unspecified atom stereocenters. The molecule has 0 spiro atoms. The zero-order valence-corrected chi connectivity index (χ0v) is 14.8. The number of carbonyl (C=O) groups is 1. The van der Waals surface area contributed by atoms with Gasteiger partial charge in [-0.2, -0.15) is 0 Å². The molecule has 4 aromatic rings. The molecular formula is C17H15N7OS. The molecule has 1 amide bonds. The summed E-state index contributed by atoms with van der Waals surface area (Å²) in [6.07, 6.45) is 5.02. The summed E-state index contributed by atoms with van der Waals surface area (Å²) in [5.41, 5.74) is 2.76. The van der Waals surface area contributed by atoms with Crippen molar-refractivity contribution < 1.29 is 4.79 Å². The van der Waals surface area contributed by atoms with Gasteiger partial charge in [0, 0.05) is 12.4 Å². The molecule has 4 aromatic heterocycles. The first-order chi connectivity index (χ1) is 12.7. The topological polar surface area (TPSA) is 98.5 Å². The number of hydrogen-bond donors (Lipinski definition) is 1. The van der Waals surface area contributed by atoms with Gasteiger partial charge in [0.1, 0.15) is 15.5 Å². The third-order valence-corrected chi connectivity index (χ3v) is 4.58. The van der Waals surface area contributed by atoms with Crippen LogP contribution in [0.5, 0.6) is 0 Å². The molecule has 0 aliphatic heterocycles. The fourth-order valence-corrected chi connectivity index (χ4v) is 3.17. The number of fused-ring (bicyclic) bond motifs is 1. The third-order valence-electron chi connectivity index (χ3n) is 3.74. The number of carbonyl (C=O) groups excluding carboxylic acids is 1. The molecule has 0 saturated carbocycles. The molecule has 9 heteroatoms. The van der Waals surface area contributed by atoms with Gasteiger partial charge >= 0.3 is 0 Å². The number of imidazole rings is 1. The molecule has 0 aliphatic rings. The predicted molar refractivity (Wildman–Crippen MR) is 96.7 cm³/mol. The highest BCUT2D eigenvalue weighted by Gasteiger charge is 2.12. The van der Waals surface area contributed by atoms with Crippen molar-refractivity contribution in [2.75, 3.05) is 0 Å². The molecule has 0 bridgehead atoms. The van der Waals surface area contributed by atoms with Gasteiger partial charge in [-0.25, -0.2) is 9.97 Å². The molecule has 4 rings (SSSR count). The lowest BCUT2D eigenvalue weighted by atomic mass is 10.2. The number of nitrogens with one attached hydrogen (secondary N) is 1. The lowest BCUT2D eigenvalue weighted by molar-refractivity contribution is 0.0950. The summed E-state index contributed by atoms with van der Waals surface area (Å²) < 4.78 is 1.91. The van der Waals surface area contributed by atoms with E-state index in [1.807, 2.05) is 29.7 Å². The van der Waals surface area contributed by atoms with Crippen LogP contribution in [0, 0.1) is 6.92 Å². The van der Waals surface area contributed by atoms with Crippen molar-refractivity contribution in [2.24, 2.45) is 0 Å². The molecule has 8 nitrogen and oxygen atoms in total. The highest BCUT2D eigenvalue weighted by Crippen LogP contribution is 2.14. The van der Waals surface area contributed by atoms with Crippen LogP contribution in [0.15, 0.2) is 43.0 Å². The second-order valence-corrected chi connectivity index (χ2v) is 6.92. The SMILES string of the molecule is Cc1nnc(CNC(=O)c2cnc3c(c2)ncn3Cc2ccccn2)s1. The summed E-state index contributed by atoms with van der Waals surface area (Å²) in [4.78, 5) is 25.4. The molecule has 0 fully saturated rings. The number of amides is 1. The molecule has 0 aromatic carbocycles. The van der Waals surface area contributed by atoms with E-state index in [4.69, 9.17) is 0 Å². The summed E-state index contributed by atoms with van der Waals surface area (Å²) in [5.74, 6) is -0.216. The molecule has 0 atom stereocenters. The Morgan fingerprint density at radius 1 is 1.23 bits per heavy atom. The van der Waals surface area contributed by atoms with Gasteiger partial charge in [0.15, 0.2) is 5.65 Å². The van der Waals surface area contributed by atoms with Gasteiger partial charge < -0.3 is 9.88 Å². The molecule has 0 saturated heterocycles. The lowest BCUT2D eigenvalue weighted by Crippen LogP contribution is -2.22. The average Bonchev–Trinajstić information content (AvgIpc) is 3.26. The zero-order chi connectivity index (χ0) is 17.9. The van der Waals surface area contributed by atoms with E-state index in [0.29, 0.717) is 29.8 Å². The number of nitrogens with zero attached hydrogens (tertiary/aromatic N) is 6. The minimum atomic E-state index is -0.216. The summed E-state index contributed by atoms with van der Waals surface area (Å²) >= 11 is 1.46. The number of pyridine rings is 2. The van der Waals surface area contributed by atoms with Gasteiger partial charge in [-0.1, -0.05) is 17.4 Å². The quantitative estimate of drug-likeness (QED) is 0.580. The highest BCUT2D eigenvalue weighted by atomic mass is 32.1. The Balaban J connectivity index is 1.50. The number of aromatic nitrogens is 6. The van der Waals surface area contributed by atoms with Gasteiger partial charge in [0.2, 0.25) is 0 Å². The number of aryl methyl sites for hydroxylation is 1. The van der Waals surface area contributed by atoms with Crippen LogP contribution in [0.3, 0.4) is 0 Å². The first-order valence-electron chi connectivity index (χ1n) is 7.97. The van der Waals surface area contributed by atoms with Crippen molar-refractivity contribution in [1.29, 1.82) is 0 Å². The number of rotatable bonds is 5. The van der Waals surface area contributed by atoms with Crippen LogP contribution < -0.4 is 5.32 Å². The van der Waals surface area contributed by atoms with Crippen LogP contribution in [0.25, 0.3) is 11.2 Å². The summed E-state index contributed by atoms with van der Waals surface area (Å²) in [7, 11) is 0. The fourth-order valence-electron chi connectivity index (χ4n) is 2.52. The maximum atomic E-state index is 12.3. The third kappa shape index (κ3) is 3.42. The smallest absolute Gasteiger partial charge is 0.253 e. The Labute approximate surface area is 153 Å². The van der Waals surface area contributed by atoms with Crippen LogP contribution in [-0.2, 0) is 13.1 Å². The molecular weight excluding hydrogens is 350 g/mol. The first kappa shape index (κ1) is 16.3. The maximum Gasteiger partial charge on any atom is 0.253 e. The molecule has 130 valence electrons. The van der Waals surface area contributed by atoms with E-state index in [2.05, 4.69) is 30.5 Å². The minimum Gasteiger partial charge on any atom is -0.345 e. The van der Waals surface area contributed by atoms with E-state index in [1.165, 1.54) is 11.3 Å². The monoisotopic (exact) mass is 365 g/mol. The van der Waals surface area contributed by atoms with E-state index in [-0.39, 0.29) is 5.91 Å². The Bertz CT molecular complexity index is 1060. The lowest BCUT2D eigenvalue weighted by Gasteiger charge is -2.04. The van der Waals surface area contributed by atoms with E-state index in [1.54, 1.807) is 24.8 Å². The van der Waals surface area contributed by atoms with Gasteiger partial charge in [0.25, 0.3) is 5.91 Å². The fraction of sp³-hybridized carbons (Fsp3) is 0.176. The standard InChI is InChI=1S/C17H15N7OS/c1-11-22-23-15(26-11)8-20-17(25)12-6-14-16(19-7-12)24(10-21-14)9-13-4-2-3-5-18-13/h2-7,10H,8-9H2,1H3,(H,20,25). The summed E-state index contributed by atoms with van der Waals surface area (Å²) in [6, 6.07) is 7.50. The Kier molecular flexibility index (Phi) is 4.36. The number of hydrogen-bond acceptors (Lipinski definition) is 7. The second-order valence-electron chi connectivity index (χ2n) is 5.66. The van der Waals surface area contributed by atoms with Crippen molar-refractivity contribution >= 4 is 28.4 Å². The van der Waals surface area contributed by atoms with Crippen molar-refractivity contribution in [1.82, 2.24) is 35.0 Å². The average molecular weight is 365 g/mol. The molecule has 0 aliphatic carbocycles. The summed E-state index contributed by atoms with van der Waals surface area (Å²) in [5, 5.41) is 12.4. The van der Waals surface area contributed by atoms with Crippen molar-refractivity contribution in [2.45, 2.75) is 20.0 Å². The normalized spacial score (nSPS) is 11.0. The summed E-state index contributed by atoms with van der Waals surface area (Å²) in [6.45, 7) is 2.80. The van der Waals surface area contributed by atoms with E-state index < -0.39 is 0 Å². The van der Waals surface area contributed by atoms with Crippen LogP contribution in [0.2, 0.25) is 0 Å². The molecule has 1 N–H and O–H groups in total. The van der Waals surface area contributed by atoms with Gasteiger partial charge in [-0.3, -0.25) is 9.78 Å². The van der Waals surface area contributed by atoms with Gasteiger partial charge in [-0.05, 0) is 25.1 Å². The molecule has 4 heterocycles.